The summed E-state index contributed by atoms with van der Waals surface area (Å²) in [4.78, 5) is 26.5. The van der Waals surface area contributed by atoms with Crippen LogP contribution in [0.15, 0.2) is 24.3 Å². The second-order valence-electron chi connectivity index (χ2n) is 7.93. The zero-order chi connectivity index (χ0) is 18.4. The van der Waals surface area contributed by atoms with Crippen molar-refractivity contribution in [3.05, 3.63) is 29.8 Å². The van der Waals surface area contributed by atoms with E-state index in [1.807, 2.05) is 44.9 Å². The molecule has 1 saturated carbocycles. The molecule has 0 spiro atoms. The SMILES string of the molecule is CN(C(=O)CNc1cccc(C(=O)NC(C)(C)C)c1)C1CCCCC1. The maximum atomic E-state index is 12.4. The number of likely N-dealkylation sites (N-methyl/N-ethyl adjacent to an activating group) is 1. The molecule has 0 bridgehead atoms. The topological polar surface area (TPSA) is 61.4 Å². The highest BCUT2D eigenvalue weighted by atomic mass is 16.2. The molecular weight excluding hydrogens is 314 g/mol. The molecule has 138 valence electrons. The quantitative estimate of drug-likeness (QED) is 0.859. The van der Waals surface area contributed by atoms with E-state index in [1.54, 1.807) is 12.1 Å². The van der Waals surface area contributed by atoms with Crippen LogP contribution in [0.25, 0.3) is 0 Å². The molecule has 1 fully saturated rings. The number of hydrogen-bond acceptors (Lipinski definition) is 3. The zero-order valence-electron chi connectivity index (χ0n) is 15.9. The molecule has 1 aromatic rings. The van der Waals surface area contributed by atoms with E-state index in [9.17, 15) is 9.59 Å². The Hall–Kier alpha value is -2.04. The summed E-state index contributed by atoms with van der Waals surface area (Å²) in [5.74, 6) is -0.0155. The average Bonchev–Trinajstić information content (AvgIpc) is 2.58. The summed E-state index contributed by atoms with van der Waals surface area (Å²) in [6.07, 6.45) is 5.90. The van der Waals surface area contributed by atoms with Gasteiger partial charge in [0.25, 0.3) is 5.91 Å². The third-order valence-electron chi connectivity index (χ3n) is 4.57. The number of rotatable bonds is 5. The van der Waals surface area contributed by atoms with Gasteiger partial charge in [0.2, 0.25) is 5.91 Å². The molecule has 1 aliphatic rings. The number of hydrogen-bond donors (Lipinski definition) is 2. The predicted octanol–water partition coefficient (Wildman–Crippen LogP) is 3.42. The second kappa shape index (κ2) is 8.37. The van der Waals surface area contributed by atoms with Gasteiger partial charge in [-0.15, -0.1) is 0 Å². The number of amides is 2. The molecule has 0 aliphatic heterocycles. The number of anilines is 1. The third-order valence-corrected chi connectivity index (χ3v) is 4.57. The minimum Gasteiger partial charge on any atom is -0.376 e. The van der Waals surface area contributed by atoms with Crippen LogP contribution in [0.3, 0.4) is 0 Å². The highest BCUT2D eigenvalue weighted by Crippen LogP contribution is 2.21. The first-order chi connectivity index (χ1) is 11.8. The number of benzene rings is 1. The van der Waals surface area contributed by atoms with Crippen LogP contribution in [0, 0.1) is 0 Å². The summed E-state index contributed by atoms with van der Waals surface area (Å²) in [5.41, 5.74) is 1.10. The van der Waals surface area contributed by atoms with Crippen molar-refractivity contribution in [2.45, 2.75) is 64.5 Å². The molecule has 0 aromatic heterocycles. The summed E-state index contributed by atoms with van der Waals surface area (Å²) in [6, 6.07) is 7.64. The predicted molar refractivity (Wildman–Crippen MR) is 102 cm³/mol. The monoisotopic (exact) mass is 345 g/mol. The van der Waals surface area contributed by atoms with Crippen molar-refractivity contribution in [1.82, 2.24) is 10.2 Å². The van der Waals surface area contributed by atoms with E-state index in [-0.39, 0.29) is 23.9 Å². The Balaban J connectivity index is 1.91. The smallest absolute Gasteiger partial charge is 0.251 e. The van der Waals surface area contributed by atoms with Crippen LogP contribution in [-0.4, -0.2) is 41.9 Å². The average molecular weight is 345 g/mol. The number of carbonyl (C=O) groups is 2. The van der Waals surface area contributed by atoms with Gasteiger partial charge in [0.1, 0.15) is 0 Å². The van der Waals surface area contributed by atoms with Crippen LogP contribution in [0.4, 0.5) is 5.69 Å². The van der Waals surface area contributed by atoms with E-state index in [0.717, 1.165) is 18.5 Å². The van der Waals surface area contributed by atoms with E-state index in [4.69, 9.17) is 0 Å². The lowest BCUT2D eigenvalue weighted by atomic mass is 9.94. The van der Waals surface area contributed by atoms with Gasteiger partial charge in [-0.2, -0.15) is 0 Å². The minimum atomic E-state index is -0.279. The molecule has 25 heavy (non-hydrogen) atoms. The van der Waals surface area contributed by atoms with Gasteiger partial charge in [-0.25, -0.2) is 0 Å². The van der Waals surface area contributed by atoms with Crippen LogP contribution in [0.5, 0.6) is 0 Å². The maximum Gasteiger partial charge on any atom is 0.251 e. The molecule has 2 rings (SSSR count). The van der Waals surface area contributed by atoms with Crippen molar-refractivity contribution in [2.24, 2.45) is 0 Å². The molecule has 1 aliphatic carbocycles. The first-order valence-electron chi connectivity index (χ1n) is 9.18. The van der Waals surface area contributed by atoms with Gasteiger partial charge in [-0.1, -0.05) is 25.3 Å². The van der Waals surface area contributed by atoms with E-state index in [1.165, 1.54) is 19.3 Å². The highest BCUT2D eigenvalue weighted by molar-refractivity contribution is 5.95. The van der Waals surface area contributed by atoms with Crippen molar-refractivity contribution < 1.29 is 9.59 Å². The molecule has 2 N–H and O–H groups in total. The Labute approximate surface area is 151 Å². The van der Waals surface area contributed by atoms with Crippen LogP contribution in [0.1, 0.15) is 63.2 Å². The normalized spacial score (nSPS) is 15.5. The zero-order valence-corrected chi connectivity index (χ0v) is 15.9. The summed E-state index contributed by atoms with van der Waals surface area (Å²) < 4.78 is 0. The van der Waals surface area contributed by atoms with Crippen molar-refractivity contribution in [1.29, 1.82) is 0 Å². The minimum absolute atomic E-state index is 0.0939. The molecule has 5 heteroatoms. The van der Waals surface area contributed by atoms with E-state index < -0.39 is 0 Å². The summed E-state index contributed by atoms with van der Waals surface area (Å²) in [5, 5.41) is 6.10. The maximum absolute atomic E-state index is 12.4. The van der Waals surface area contributed by atoms with Gasteiger partial charge >= 0.3 is 0 Å². The van der Waals surface area contributed by atoms with E-state index in [2.05, 4.69) is 10.6 Å². The van der Waals surface area contributed by atoms with Crippen LogP contribution < -0.4 is 10.6 Å². The molecule has 2 amide bonds. The Morgan fingerprint density at radius 1 is 1.16 bits per heavy atom. The Bertz CT molecular complexity index is 601. The number of carbonyl (C=O) groups excluding carboxylic acids is 2. The van der Waals surface area contributed by atoms with Gasteiger partial charge in [0.05, 0.1) is 6.54 Å². The van der Waals surface area contributed by atoms with Crippen LogP contribution >= 0.6 is 0 Å². The first kappa shape index (κ1) is 19.3. The fraction of sp³-hybridized carbons (Fsp3) is 0.600. The van der Waals surface area contributed by atoms with Gasteiger partial charge < -0.3 is 15.5 Å². The molecule has 0 saturated heterocycles. The first-order valence-corrected chi connectivity index (χ1v) is 9.18. The number of nitrogens with zero attached hydrogens (tertiary/aromatic N) is 1. The highest BCUT2D eigenvalue weighted by Gasteiger charge is 2.21. The lowest BCUT2D eigenvalue weighted by molar-refractivity contribution is -0.130. The van der Waals surface area contributed by atoms with Gasteiger partial charge in [0, 0.05) is 29.9 Å². The van der Waals surface area contributed by atoms with E-state index >= 15 is 0 Å². The van der Waals surface area contributed by atoms with Gasteiger partial charge in [-0.05, 0) is 51.8 Å². The third kappa shape index (κ3) is 6.07. The Morgan fingerprint density at radius 3 is 2.48 bits per heavy atom. The molecule has 0 atom stereocenters. The molecule has 1 aromatic carbocycles. The molecule has 5 nitrogen and oxygen atoms in total. The Kier molecular flexibility index (Phi) is 6.45. The van der Waals surface area contributed by atoms with Gasteiger partial charge in [-0.3, -0.25) is 9.59 Å². The van der Waals surface area contributed by atoms with Crippen molar-refractivity contribution in [3.63, 3.8) is 0 Å². The fourth-order valence-corrected chi connectivity index (χ4v) is 3.16. The Morgan fingerprint density at radius 2 is 1.84 bits per heavy atom. The molecule has 0 unspecified atom stereocenters. The lowest BCUT2D eigenvalue weighted by Gasteiger charge is -2.31. The molecule has 0 radical (unpaired) electrons. The molecular formula is C20H31N3O2. The summed E-state index contributed by atoms with van der Waals surface area (Å²) >= 11 is 0. The van der Waals surface area contributed by atoms with Crippen molar-refractivity contribution in [3.8, 4) is 0 Å². The van der Waals surface area contributed by atoms with E-state index in [0.29, 0.717) is 11.6 Å². The second-order valence-corrected chi connectivity index (χ2v) is 7.93. The van der Waals surface area contributed by atoms with Crippen molar-refractivity contribution in [2.75, 3.05) is 18.9 Å². The summed E-state index contributed by atoms with van der Waals surface area (Å²) in [6.45, 7) is 6.10. The van der Waals surface area contributed by atoms with Crippen LogP contribution in [-0.2, 0) is 4.79 Å². The molecule has 0 heterocycles. The standard InChI is InChI=1S/C20H31N3O2/c1-20(2,3)22-19(25)15-9-8-10-16(13-15)21-14-18(24)23(4)17-11-6-5-7-12-17/h8-10,13,17,21H,5-7,11-12,14H2,1-4H3,(H,22,25). The number of nitrogens with one attached hydrogen (secondary N) is 2. The van der Waals surface area contributed by atoms with Crippen LogP contribution in [0.2, 0.25) is 0 Å². The van der Waals surface area contributed by atoms with Crippen molar-refractivity contribution >= 4 is 17.5 Å². The lowest BCUT2D eigenvalue weighted by Crippen LogP contribution is -2.41. The fourth-order valence-electron chi connectivity index (χ4n) is 3.16. The largest absolute Gasteiger partial charge is 0.376 e. The van der Waals surface area contributed by atoms with Gasteiger partial charge in [0.15, 0.2) is 0 Å². The summed E-state index contributed by atoms with van der Waals surface area (Å²) in [7, 11) is 1.90.